The zero-order valence-electron chi connectivity index (χ0n) is 17.0. The van der Waals surface area contributed by atoms with E-state index < -0.39 is 6.04 Å². The summed E-state index contributed by atoms with van der Waals surface area (Å²) in [6.45, 7) is 0. The predicted molar refractivity (Wildman–Crippen MR) is 108 cm³/mol. The molecule has 29 heavy (non-hydrogen) atoms. The molecule has 0 spiro atoms. The number of urea groups is 1. The molecule has 1 aliphatic carbocycles. The van der Waals surface area contributed by atoms with Crippen LogP contribution in [0.1, 0.15) is 43.1 Å². The Balaban J connectivity index is 1.86. The Morgan fingerprint density at radius 2 is 1.93 bits per heavy atom. The summed E-state index contributed by atoms with van der Waals surface area (Å²) in [7, 11) is 5.04. The van der Waals surface area contributed by atoms with E-state index in [9.17, 15) is 10.1 Å². The van der Waals surface area contributed by atoms with Crippen molar-refractivity contribution in [2.45, 2.75) is 37.8 Å². The molecule has 8 heteroatoms. The molecule has 0 aliphatic heterocycles. The van der Waals surface area contributed by atoms with Gasteiger partial charge in [-0.1, -0.05) is 12.8 Å². The van der Waals surface area contributed by atoms with Crippen molar-refractivity contribution >= 4 is 6.03 Å². The Labute approximate surface area is 170 Å². The van der Waals surface area contributed by atoms with Gasteiger partial charge in [-0.05, 0) is 30.5 Å². The van der Waals surface area contributed by atoms with Crippen LogP contribution >= 0.6 is 0 Å². The standard InChI is InChI=1S/C21H27N5O3/c1-26-9-8-23-20(26)19(15-10-16(28-2)12-17(11-15)29-3)25-21(27)24-18-7-5-4-6-14(18)13-22/h8-12,14,18-19H,4-7H2,1-3H3,(H2,24,25,27). The molecule has 8 nitrogen and oxygen atoms in total. The van der Waals surface area contributed by atoms with E-state index in [0.29, 0.717) is 17.3 Å². The maximum absolute atomic E-state index is 12.8. The molecule has 3 rings (SSSR count). The van der Waals surface area contributed by atoms with Crippen LogP contribution in [0.25, 0.3) is 0 Å². The van der Waals surface area contributed by atoms with E-state index in [1.807, 2.05) is 29.9 Å². The van der Waals surface area contributed by atoms with Gasteiger partial charge >= 0.3 is 6.03 Å². The second-order valence-corrected chi connectivity index (χ2v) is 7.22. The molecule has 0 radical (unpaired) electrons. The van der Waals surface area contributed by atoms with Crippen LogP contribution < -0.4 is 20.1 Å². The van der Waals surface area contributed by atoms with Gasteiger partial charge in [0.2, 0.25) is 0 Å². The van der Waals surface area contributed by atoms with Crippen LogP contribution in [-0.4, -0.2) is 35.8 Å². The Morgan fingerprint density at radius 1 is 1.24 bits per heavy atom. The van der Waals surface area contributed by atoms with Crippen LogP contribution in [0.4, 0.5) is 4.79 Å². The molecule has 1 fully saturated rings. The largest absolute Gasteiger partial charge is 0.497 e. The van der Waals surface area contributed by atoms with Gasteiger partial charge in [-0.25, -0.2) is 9.78 Å². The van der Waals surface area contributed by atoms with Crippen LogP contribution in [0.5, 0.6) is 11.5 Å². The van der Waals surface area contributed by atoms with Gasteiger partial charge < -0.3 is 24.7 Å². The molecule has 1 aromatic heterocycles. The summed E-state index contributed by atoms with van der Waals surface area (Å²) in [6.07, 6.45) is 7.18. The number of amides is 2. The van der Waals surface area contributed by atoms with Crippen LogP contribution in [0.15, 0.2) is 30.6 Å². The Kier molecular flexibility index (Phi) is 6.60. The number of methoxy groups -OCH3 is 2. The van der Waals surface area contributed by atoms with E-state index in [0.717, 1.165) is 31.2 Å². The Hall–Kier alpha value is -3.21. The number of nitrogens with zero attached hydrogens (tertiary/aromatic N) is 3. The summed E-state index contributed by atoms with van der Waals surface area (Å²) in [4.78, 5) is 17.3. The van der Waals surface area contributed by atoms with Crippen LogP contribution in [0.2, 0.25) is 0 Å². The molecule has 3 unspecified atom stereocenters. The lowest BCUT2D eigenvalue weighted by atomic mass is 9.85. The van der Waals surface area contributed by atoms with Gasteiger partial charge in [0.1, 0.15) is 23.4 Å². The molecular formula is C21H27N5O3. The Bertz CT molecular complexity index is 866. The molecule has 3 atom stereocenters. The fraction of sp³-hybridized carbons (Fsp3) is 0.476. The lowest BCUT2D eigenvalue weighted by Crippen LogP contribution is -2.47. The van der Waals surface area contributed by atoms with Crippen LogP contribution in [-0.2, 0) is 7.05 Å². The second-order valence-electron chi connectivity index (χ2n) is 7.22. The van der Waals surface area contributed by atoms with Crippen LogP contribution in [0.3, 0.4) is 0 Å². The zero-order valence-corrected chi connectivity index (χ0v) is 17.0. The maximum atomic E-state index is 12.8. The number of aromatic nitrogens is 2. The van der Waals surface area contributed by atoms with Gasteiger partial charge in [-0.15, -0.1) is 0 Å². The van der Waals surface area contributed by atoms with Crippen molar-refractivity contribution in [1.82, 2.24) is 20.2 Å². The number of benzene rings is 1. The van der Waals surface area contributed by atoms with E-state index in [4.69, 9.17) is 9.47 Å². The molecule has 154 valence electrons. The van der Waals surface area contributed by atoms with E-state index >= 15 is 0 Å². The lowest BCUT2D eigenvalue weighted by molar-refractivity contribution is 0.224. The minimum atomic E-state index is -0.511. The lowest BCUT2D eigenvalue weighted by Gasteiger charge is -2.29. The summed E-state index contributed by atoms with van der Waals surface area (Å²) in [5.41, 5.74) is 0.783. The van der Waals surface area contributed by atoms with Gasteiger partial charge in [0.05, 0.1) is 26.2 Å². The topological polar surface area (TPSA) is 101 Å². The highest BCUT2D eigenvalue weighted by molar-refractivity contribution is 5.75. The first-order valence-electron chi connectivity index (χ1n) is 9.72. The number of carbonyl (C=O) groups excluding carboxylic acids is 1. The van der Waals surface area contributed by atoms with Gasteiger partial charge in [-0.2, -0.15) is 5.26 Å². The fourth-order valence-electron chi connectivity index (χ4n) is 3.75. The number of hydrogen-bond donors (Lipinski definition) is 2. The number of carbonyl (C=O) groups is 1. The van der Waals surface area contributed by atoms with Crippen molar-refractivity contribution < 1.29 is 14.3 Å². The van der Waals surface area contributed by atoms with Crippen molar-refractivity contribution in [1.29, 1.82) is 5.26 Å². The normalized spacial score (nSPS) is 19.7. The summed E-state index contributed by atoms with van der Waals surface area (Å²) in [5.74, 6) is 1.77. The van der Waals surface area contributed by atoms with Crippen molar-refractivity contribution in [2.75, 3.05) is 14.2 Å². The van der Waals surface area contributed by atoms with E-state index in [2.05, 4.69) is 21.7 Å². The molecule has 2 aromatic rings. The monoisotopic (exact) mass is 397 g/mol. The second kappa shape index (κ2) is 9.32. The van der Waals surface area contributed by atoms with E-state index in [1.165, 1.54) is 0 Å². The minimum Gasteiger partial charge on any atom is -0.497 e. The third kappa shape index (κ3) is 4.80. The van der Waals surface area contributed by atoms with Crippen LogP contribution in [0, 0.1) is 17.2 Å². The van der Waals surface area contributed by atoms with Crippen molar-refractivity contribution in [2.24, 2.45) is 13.0 Å². The molecule has 2 amide bonds. The predicted octanol–water partition coefficient (Wildman–Crippen LogP) is 2.91. The third-order valence-electron chi connectivity index (χ3n) is 5.35. The molecule has 1 heterocycles. The summed E-state index contributed by atoms with van der Waals surface area (Å²) < 4.78 is 12.6. The number of ether oxygens (including phenoxy) is 2. The first kappa shape index (κ1) is 20.5. The SMILES string of the molecule is COc1cc(OC)cc(C(NC(=O)NC2CCCCC2C#N)c2nccn2C)c1. The van der Waals surface area contributed by atoms with E-state index in [-0.39, 0.29) is 18.0 Å². The highest BCUT2D eigenvalue weighted by atomic mass is 16.5. The molecule has 1 aliphatic rings. The molecule has 1 saturated carbocycles. The van der Waals surface area contributed by atoms with Gasteiger partial charge in [0, 0.05) is 31.5 Å². The number of hydrogen-bond acceptors (Lipinski definition) is 5. The molecular weight excluding hydrogens is 370 g/mol. The quantitative estimate of drug-likeness (QED) is 0.780. The molecule has 2 N–H and O–H groups in total. The number of nitrogens with one attached hydrogen (secondary N) is 2. The van der Waals surface area contributed by atoms with Gasteiger partial charge in [-0.3, -0.25) is 0 Å². The first-order chi connectivity index (χ1) is 14.0. The summed E-state index contributed by atoms with van der Waals surface area (Å²) >= 11 is 0. The average molecular weight is 397 g/mol. The average Bonchev–Trinajstić information content (AvgIpc) is 3.17. The number of aryl methyl sites for hydroxylation is 1. The fourth-order valence-corrected chi connectivity index (χ4v) is 3.75. The van der Waals surface area contributed by atoms with E-state index in [1.54, 1.807) is 26.5 Å². The zero-order chi connectivity index (χ0) is 20.8. The van der Waals surface area contributed by atoms with Gasteiger partial charge in [0.15, 0.2) is 0 Å². The molecule has 1 aromatic carbocycles. The van der Waals surface area contributed by atoms with Gasteiger partial charge in [0.25, 0.3) is 0 Å². The third-order valence-corrected chi connectivity index (χ3v) is 5.35. The molecule has 0 bridgehead atoms. The first-order valence-corrected chi connectivity index (χ1v) is 9.72. The highest BCUT2D eigenvalue weighted by Crippen LogP contribution is 2.30. The van der Waals surface area contributed by atoms with Crippen molar-refractivity contribution in [3.8, 4) is 17.6 Å². The number of imidazole rings is 1. The van der Waals surface area contributed by atoms with Crippen molar-refractivity contribution in [3.05, 3.63) is 42.0 Å². The summed E-state index contributed by atoms with van der Waals surface area (Å²) in [6, 6.07) is 6.81. The smallest absolute Gasteiger partial charge is 0.315 e. The maximum Gasteiger partial charge on any atom is 0.315 e. The Morgan fingerprint density at radius 3 is 2.52 bits per heavy atom. The highest BCUT2D eigenvalue weighted by Gasteiger charge is 2.28. The van der Waals surface area contributed by atoms with Crippen molar-refractivity contribution in [3.63, 3.8) is 0 Å². The summed E-state index contributed by atoms with van der Waals surface area (Å²) in [5, 5.41) is 15.4. The number of rotatable bonds is 6. The minimum absolute atomic E-state index is 0.143. The molecule has 0 saturated heterocycles. The number of nitriles is 1.